The number of hydrazone groups is 1. The van der Waals surface area contributed by atoms with Gasteiger partial charge >= 0.3 is 5.97 Å². The molecule has 0 bridgehead atoms. The number of nitrogens with one attached hydrogen (secondary N) is 2. The summed E-state index contributed by atoms with van der Waals surface area (Å²) >= 11 is 0. The molecule has 0 radical (unpaired) electrons. The lowest BCUT2D eigenvalue weighted by Crippen LogP contribution is -2.47. The largest absolute Gasteiger partial charge is 0.480 e. The number of nitrogens with two attached hydrogens (primary N) is 1. The van der Waals surface area contributed by atoms with Gasteiger partial charge in [0.05, 0.1) is 6.42 Å². The Kier molecular flexibility index (Phi) is 4.35. The molecule has 1 aliphatic heterocycles. The van der Waals surface area contributed by atoms with Gasteiger partial charge in [-0.05, 0) is 0 Å². The van der Waals surface area contributed by atoms with Gasteiger partial charge in [-0.1, -0.05) is 0 Å². The van der Waals surface area contributed by atoms with Gasteiger partial charge in [0, 0.05) is 12.8 Å². The standard InChI is InChI=1S/C9H12N4O5/c10-6(14)3-5(9(17)18)11-8(16)4-1-2-7(15)13-12-4/h5H,1-3H2,(H2,10,14)(H,11,16)(H,13,15)(H,17,18). The van der Waals surface area contributed by atoms with Crippen molar-refractivity contribution in [2.75, 3.05) is 0 Å². The van der Waals surface area contributed by atoms with Crippen molar-refractivity contribution in [1.82, 2.24) is 10.7 Å². The molecular weight excluding hydrogens is 244 g/mol. The van der Waals surface area contributed by atoms with Crippen LogP contribution in [0.15, 0.2) is 5.10 Å². The van der Waals surface area contributed by atoms with E-state index >= 15 is 0 Å². The fourth-order valence-electron chi connectivity index (χ4n) is 1.28. The Labute approximate surface area is 101 Å². The first-order valence-electron chi connectivity index (χ1n) is 5.07. The van der Waals surface area contributed by atoms with Crippen LogP contribution in [0.5, 0.6) is 0 Å². The molecule has 3 amide bonds. The summed E-state index contributed by atoms with van der Waals surface area (Å²) in [5.74, 6) is -3.29. The van der Waals surface area contributed by atoms with Gasteiger partial charge in [-0.25, -0.2) is 10.2 Å². The minimum atomic E-state index is -1.41. The molecule has 0 fully saturated rings. The highest BCUT2D eigenvalue weighted by Crippen LogP contribution is 2.01. The van der Waals surface area contributed by atoms with E-state index in [1.54, 1.807) is 0 Å². The van der Waals surface area contributed by atoms with Crippen LogP contribution in [0.1, 0.15) is 19.3 Å². The minimum absolute atomic E-state index is 0.00493. The van der Waals surface area contributed by atoms with Crippen LogP contribution in [0.4, 0.5) is 0 Å². The third-order valence-corrected chi connectivity index (χ3v) is 2.18. The average molecular weight is 256 g/mol. The Morgan fingerprint density at radius 2 is 2.11 bits per heavy atom. The van der Waals surface area contributed by atoms with Gasteiger partial charge in [-0.15, -0.1) is 0 Å². The highest BCUT2D eigenvalue weighted by molar-refractivity contribution is 6.39. The minimum Gasteiger partial charge on any atom is -0.480 e. The maximum atomic E-state index is 11.6. The number of amides is 3. The number of rotatable bonds is 5. The zero-order valence-corrected chi connectivity index (χ0v) is 9.30. The summed E-state index contributed by atoms with van der Waals surface area (Å²) < 4.78 is 0. The molecule has 9 heteroatoms. The van der Waals surface area contributed by atoms with Crippen LogP contribution < -0.4 is 16.5 Å². The van der Waals surface area contributed by atoms with E-state index in [9.17, 15) is 19.2 Å². The van der Waals surface area contributed by atoms with Gasteiger partial charge in [0.15, 0.2) is 0 Å². The highest BCUT2D eigenvalue weighted by atomic mass is 16.4. The lowest BCUT2D eigenvalue weighted by atomic mass is 10.1. The Morgan fingerprint density at radius 1 is 1.44 bits per heavy atom. The van der Waals surface area contributed by atoms with Crippen molar-refractivity contribution in [3.05, 3.63) is 0 Å². The zero-order chi connectivity index (χ0) is 13.7. The van der Waals surface area contributed by atoms with Crippen molar-refractivity contribution < 1.29 is 24.3 Å². The number of primary amides is 1. The second-order valence-corrected chi connectivity index (χ2v) is 3.63. The summed E-state index contributed by atoms with van der Waals surface area (Å²) in [4.78, 5) is 43.8. The van der Waals surface area contributed by atoms with Crippen molar-refractivity contribution in [2.45, 2.75) is 25.3 Å². The molecule has 9 nitrogen and oxygen atoms in total. The molecule has 0 aromatic carbocycles. The van der Waals surface area contributed by atoms with E-state index in [4.69, 9.17) is 10.8 Å². The monoisotopic (exact) mass is 256 g/mol. The van der Waals surface area contributed by atoms with E-state index in [-0.39, 0.29) is 24.5 Å². The molecule has 1 aliphatic rings. The molecule has 1 rings (SSSR count). The van der Waals surface area contributed by atoms with Crippen molar-refractivity contribution in [3.8, 4) is 0 Å². The molecule has 1 unspecified atom stereocenters. The number of carboxylic acids is 1. The number of carbonyl (C=O) groups is 4. The maximum Gasteiger partial charge on any atom is 0.326 e. The number of hydrogen-bond donors (Lipinski definition) is 4. The third-order valence-electron chi connectivity index (χ3n) is 2.18. The van der Waals surface area contributed by atoms with Gasteiger partial charge in [0.1, 0.15) is 11.8 Å². The quantitative estimate of drug-likeness (QED) is 0.436. The van der Waals surface area contributed by atoms with Crippen molar-refractivity contribution in [2.24, 2.45) is 10.8 Å². The van der Waals surface area contributed by atoms with Crippen LogP contribution in [-0.2, 0) is 19.2 Å². The molecule has 0 aliphatic carbocycles. The number of hydrogen-bond acceptors (Lipinski definition) is 5. The molecule has 1 atom stereocenters. The van der Waals surface area contributed by atoms with Gasteiger partial charge in [-0.3, -0.25) is 14.4 Å². The molecular formula is C9H12N4O5. The van der Waals surface area contributed by atoms with E-state index in [1.165, 1.54) is 0 Å². The van der Waals surface area contributed by atoms with E-state index in [1.807, 2.05) is 0 Å². The Morgan fingerprint density at radius 3 is 2.56 bits per heavy atom. The summed E-state index contributed by atoms with van der Waals surface area (Å²) in [7, 11) is 0. The SMILES string of the molecule is NC(=O)CC(NC(=O)C1=NNC(=O)CC1)C(=O)O. The Bertz CT molecular complexity index is 431. The fraction of sp³-hybridized carbons (Fsp3) is 0.444. The second-order valence-electron chi connectivity index (χ2n) is 3.63. The molecule has 5 N–H and O–H groups in total. The van der Waals surface area contributed by atoms with Crippen molar-refractivity contribution in [3.63, 3.8) is 0 Å². The zero-order valence-electron chi connectivity index (χ0n) is 9.30. The highest BCUT2D eigenvalue weighted by Gasteiger charge is 2.25. The van der Waals surface area contributed by atoms with E-state index < -0.39 is 30.2 Å². The molecule has 1 heterocycles. The van der Waals surface area contributed by atoms with Crippen LogP contribution in [-0.4, -0.2) is 40.6 Å². The summed E-state index contributed by atoms with van der Waals surface area (Å²) in [6.07, 6.45) is -0.304. The van der Waals surface area contributed by atoms with Crippen LogP contribution in [0.25, 0.3) is 0 Å². The predicted molar refractivity (Wildman–Crippen MR) is 58.2 cm³/mol. The van der Waals surface area contributed by atoms with Crippen molar-refractivity contribution in [1.29, 1.82) is 0 Å². The third kappa shape index (κ3) is 3.85. The average Bonchev–Trinajstić information content (AvgIpc) is 2.28. The summed E-state index contributed by atoms with van der Waals surface area (Å²) in [5.41, 5.74) is 6.97. The summed E-state index contributed by atoms with van der Waals surface area (Å²) in [6.45, 7) is 0. The molecule has 0 saturated heterocycles. The van der Waals surface area contributed by atoms with E-state index in [0.29, 0.717) is 0 Å². The first-order chi connectivity index (χ1) is 8.40. The molecule has 0 aromatic heterocycles. The number of carbonyl (C=O) groups excluding carboxylic acids is 3. The topological polar surface area (TPSA) is 151 Å². The van der Waals surface area contributed by atoms with Crippen LogP contribution in [0, 0.1) is 0 Å². The smallest absolute Gasteiger partial charge is 0.326 e. The molecule has 0 aromatic rings. The summed E-state index contributed by atoms with van der Waals surface area (Å²) in [5, 5.41) is 14.4. The van der Waals surface area contributed by atoms with Gasteiger partial charge in [-0.2, -0.15) is 5.10 Å². The Balaban J connectivity index is 2.64. The van der Waals surface area contributed by atoms with Gasteiger partial charge in [0.2, 0.25) is 11.8 Å². The van der Waals surface area contributed by atoms with Crippen LogP contribution >= 0.6 is 0 Å². The van der Waals surface area contributed by atoms with E-state index in [2.05, 4.69) is 15.8 Å². The normalized spacial score (nSPS) is 16.2. The molecule has 98 valence electrons. The summed E-state index contributed by atoms with van der Waals surface area (Å²) in [6, 6.07) is -1.41. The van der Waals surface area contributed by atoms with E-state index in [0.717, 1.165) is 0 Å². The molecule has 0 spiro atoms. The van der Waals surface area contributed by atoms with Gasteiger partial charge in [0.25, 0.3) is 5.91 Å². The Hall–Kier alpha value is -2.45. The van der Waals surface area contributed by atoms with Gasteiger partial charge < -0.3 is 16.2 Å². The lowest BCUT2D eigenvalue weighted by molar-refractivity contribution is -0.142. The lowest BCUT2D eigenvalue weighted by Gasteiger charge is -2.15. The molecule has 18 heavy (non-hydrogen) atoms. The molecule has 0 saturated carbocycles. The first-order valence-corrected chi connectivity index (χ1v) is 5.07. The van der Waals surface area contributed by atoms with Crippen LogP contribution in [0.2, 0.25) is 0 Å². The maximum absolute atomic E-state index is 11.6. The first kappa shape index (κ1) is 13.6. The number of nitrogens with zero attached hydrogens (tertiary/aromatic N) is 1. The van der Waals surface area contributed by atoms with Crippen LogP contribution in [0.3, 0.4) is 0 Å². The predicted octanol–water partition coefficient (Wildman–Crippen LogP) is -2.30. The second kappa shape index (κ2) is 5.75. The number of carboxylic acid groups (broad SMARTS) is 1. The fourth-order valence-corrected chi connectivity index (χ4v) is 1.28. The number of aliphatic carboxylic acids is 1. The van der Waals surface area contributed by atoms with Crippen molar-refractivity contribution >= 4 is 29.4 Å².